The van der Waals surface area contributed by atoms with E-state index in [1.54, 1.807) is 6.92 Å². The number of carbonyl (C=O) groups is 2. The molecule has 1 aromatic rings. The summed E-state index contributed by atoms with van der Waals surface area (Å²) in [6, 6.07) is 0.760. The molecule has 0 radical (unpaired) electrons. The van der Waals surface area contributed by atoms with Gasteiger partial charge in [-0.15, -0.1) is 0 Å². The van der Waals surface area contributed by atoms with Crippen molar-refractivity contribution in [2.75, 3.05) is 11.9 Å². The van der Waals surface area contributed by atoms with Crippen LogP contribution in [0.25, 0.3) is 0 Å². The number of nitrogens with two attached hydrogens (primary N) is 1. The molecule has 5 nitrogen and oxygen atoms in total. The molecule has 2 rings (SSSR count). The summed E-state index contributed by atoms with van der Waals surface area (Å²) >= 11 is 0. The summed E-state index contributed by atoms with van der Waals surface area (Å²) in [5.41, 5.74) is 3.60. The van der Waals surface area contributed by atoms with Crippen molar-refractivity contribution in [2.45, 2.75) is 32.0 Å². The molecule has 1 aliphatic rings. The smallest absolute Gasteiger partial charge is 0.369 e. The lowest BCUT2D eigenvalue weighted by Crippen LogP contribution is -2.50. The van der Waals surface area contributed by atoms with E-state index in [1.165, 1.54) is 4.90 Å². The number of alkyl halides is 3. The molecule has 9 heteroatoms. The third kappa shape index (κ3) is 3.95. The van der Waals surface area contributed by atoms with E-state index in [9.17, 15) is 27.2 Å². The van der Waals surface area contributed by atoms with Gasteiger partial charge in [-0.05, 0) is 38.0 Å². The van der Waals surface area contributed by atoms with Crippen LogP contribution < -0.4 is 11.1 Å². The second kappa shape index (κ2) is 6.66. The van der Waals surface area contributed by atoms with E-state index in [-0.39, 0.29) is 12.6 Å². The van der Waals surface area contributed by atoms with Crippen molar-refractivity contribution in [3.8, 4) is 0 Å². The summed E-state index contributed by atoms with van der Waals surface area (Å²) in [4.78, 5) is 24.8. The zero-order chi connectivity index (χ0) is 18.1. The van der Waals surface area contributed by atoms with Crippen LogP contribution in [-0.4, -0.2) is 29.4 Å². The predicted molar refractivity (Wildman–Crippen MR) is 78.5 cm³/mol. The topological polar surface area (TPSA) is 75.4 Å². The summed E-state index contributed by atoms with van der Waals surface area (Å²) in [6.45, 7) is 1.78. The highest BCUT2D eigenvalue weighted by molar-refractivity contribution is 5.90. The van der Waals surface area contributed by atoms with Gasteiger partial charge in [0.15, 0.2) is 0 Å². The molecule has 0 unspecified atom stereocenters. The van der Waals surface area contributed by atoms with Gasteiger partial charge in [0.1, 0.15) is 5.82 Å². The Morgan fingerprint density at radius 1 is 1.29 bits per heavy atom. The number of nitrogens with zero attached hydrogens (tertiary/aromatic N) is 1. The van der Waals surface area contributed by atoms with E-state index >= 15 is 0 Å². The fourth-order valence-corrected chi connectivity index (χ4v) is 2.61. The van der Waals surface area contributed by atoms with Crippen LogP contribution in [0.4, 0.5) is 28.0 Å². The molecular formula is C15H17F4N3O2. The number of amides is 3. The highest BCUT2D eigenvalue weighted by Crippen LogP contribution is 2.32. The Bertz CT molecular complexity index is 648. The second-order valence-electron chi connectivity index (χ2n) is 5.80. The number of nitrogens with one attached hydrogen (secondary N) is 1. The van der Waals surface area contributed by atoms with Gasteiger partial charge in [-0.2, -0.15) is 13.2 Å². The first-order valence-corrected chi connectivity index (χ1v) is 7.33. The van der Waals surface area contributed by atoms with E-state index in [2.05, 4.69) is 5.32 Å². The van der Waals surface area contributed by atoms with Crippen molar-refractivity contribution in [3.63, 3.8) is 0 Å². The minimum Gasteiger partial charge on any atom is -0.369 e. The molecule has 2 atom stereocenters. The predicted octanol–water partition coefficient (Wildman–Crippen LogP) is 2.96. The van der Waals surface area contributed by atoms with Gasteiger partial charge in [0.2, 0.25) is 5.91 Å². The number of rotatable bonds is 2. The maximum absolute atomic E-state index is 13.7. The summed E-state index contributed by atoms with van der Waals surface area (Å²) < 4.78 is 51.8. The first kappa shape index (κ1) is 18.0. The number of urea groups is 1. The first-order chi connectivity index (χ1) is 11.1. The van der Waals surface area contributed by atoms with Gasteiger partial charge in [-0.25, -0.2) is 9.18 Å². The SMILES string of the molecule is C[C@@H]1CC[C@H](C(N)=O)CN1C(=O)Nc1cc(C(F)(F)F)ccc1F. The molecule has 132 valence electrons. The summed E-state index contributed by atoms with van der Waals surface area (Å²) in [6.07, 6.45) is -3.60. The van der Waals surface area contributed by atoms with E-state index in [0.717, 1.165) is 0 Å². The summed E-state index contributed by atoms with van der Waals surface area (Å²) in [7, 11) is 0. The molecule has 0 aliphatic carbocycles. The summed E-state index contributed by atoms with van der Waals surface area (Å²) in [5, 5.41) is 2.14. The van der Waals surface area contributed by atoms with Gasteiger partial charge in [0.05, 0.1) is 17.2 Å². The normalized spacial score (nSPS) is 21.5. The van der Waals surface area contributed by atoms with Gasteiger partial charge >= 0.3 is 12.2 Å². The maximum Gasteiger partial charge on any atom is 0.416 e. The lowest BCUT2D eigenvalue weighted by Gasteiger charge is -2.36. The Kier molecular flexibility index (Phi) is 5.00. The van der Waals surface area contributed by atoms with Crippen LogP contribution in [0.2, 0.25) is 0 Å². The number of hydrogen-bond acceptors (Lipinski definition) is 2. The Balaban J connectivity index is 2.18. The van der Waals surface area contributed by atoms with Crippen LogP contribution in [-0.2, 0) is 11.0 Å². The zero-order valence-electron chi connectivity index (χ0n) is 12.9. The number of anilines is 1. The molecule has 0 spiro atoms. The standard InChI is InChI=1S/C15H17F4N3O2/c1-8-2-3-9(13(20)23)7-22(8)14(24)21-12-6-10(15(17,18)19)4-5-11(12)16/h4-6,8-9H,2-3,7H2,1H3,(H2,20,23)(H,21,24)/t8-,9+/m1/s1. The van der Waals surface area contributed by atoms with Gasteiger partial charge in [-0.1, -0.05) is 0 Å². The minimum absolute atomic E-state index is 0.0446. The van der Waals surface area contributed by atoms with Crippen molar-refractivity contribution in [1.82, 2.24) is 4.90 Å². The van der Waals surface area contributed by atoms with Crippen LogP contribution in [0.3, 0.4) is 0 Å². The van der Waals surface area contributed by atoms with Gasteiger partial charge in [-0.3, -0.25) is 4.79 Å². The number of halogens is 4. The molecule has 0 bridgehead atoms. The Morgan fingerprint density at radius 2 is 1.96 bits per heavy atom. The van der Waals surface area contributed by atoms with Gasteiger partial charge in [0.25, 0.3) is 0 Å². The lowest BCUT2D eigenvalue weighted by molar-refractivity contribution is -0.137. The van der Waals surface area contributed by atoms with E-state index in [1.807, 2.05) is 0 Å². The molecule has 1 aliphatic heterocycles. The van der Waals surface area contributed by atoms with Crippen LogP contribution in [0.15, 0.2) is 18.2 Å². The third-order valence-corrected chi connectivity index (χ3v) is 4.08. The van der Waals surface area contributed by atoms with Crippen molar-refractivity contribution in [2.24, 2.45) is 11.7 Å². The average molecular weight is 347 g/mol. The quantitative estimate of drug-likeness (QED) is 0.807. The minimum atomic E-state index is -4.65. The molecule has 0 aromatic heterocycles. The van der Waals surface area contributed by atoms with Gasteiger partial charge in [0, 0.05) is 12.6 Å². The highest BCUT2D eigenvalue weighted by atomic mass is 19.4. The highest BCUT2D eigenvalue weighted by Gasteiger charge is 2.33. The van der Waals surface area contributed by atoms with Crippen LogP contribution in [0.5, 0.6) is 0 Å². The maximum atomic E-state index is 13.7. The number of hydrogen-bond donors (Lipinski definition) is 2. The third-order valence-electron chi connectivity index (χ3n) is 4.08. The Hall–Kier alpha value is -2.32. The molecule has 1 saturated heterocycles. The number of benzene rings is 1. The second-order valence-corrected chi connectivity index (χ2v) is 5.80. The van der Waals surface area contributed by atoms with E-state index in [0.29, 0.717) is 31.0 Å². The average Bonchev–Trinajstić information content (AvgIpc) is 2.48. The zero-order valence-corrected chi connectivity index (χ0v) is 12.9. The van der Waals surface area contributed by atoms with Crippen LogP contribution in [0.1, 0.15) is 25.3 Å². The first-order valence-electron chi connectivity index (χ1n) is 7.33. The van der Waals surface area contributed by atoms with Crippen molar-refractivity contribution >= 4 is 17.6 Å². The number of carbonyl (C=O) groups excluding carboxylic acids is 2. The number of likely N-dealkylation sites (tertiary alicyclic amines) is 1. The fraction of sp³-hybridized carbons (Fsp3) is 0.467. The molecule has 3 amide bonds. The Labute approximate surface area is 135 Å². The van der Waals surface area contributed by atoms with Crippen molar-refractivity contribution < 1.29 is 27.2 Å². The molecular weight excluding hydrogens is 330 g/mol. The van der Waals surface area contributed by atoms with Gasteiger partial charge < -0.3 is 16.0 Å². The fourth-order valence-electron chi connectivity index (χ4n) is 2.61. The van der Waals surface area contributed by atoms with Crippen LogP contribution >= 0.6 is 0 Å². The molecule has 3 N–H and O–H groups in total. The van der Waals surface area contributed by atoms with Crippen LogP contribution in [0, 0.1) is 11.7 Å². The molecule has 1 aromatic carbocycles. The molecule has 24 heavy (non-hydrogen) atoms. The van der Waals surface area contributed by atoms with Crippen molar-refractivity contribution in [1.29, 1.82) is 0 Å². The van der Waals surface area contributed by atoms with Crippen molar-refractivity contribution in [3.05, 3.63) is 29.6 Å². The lowest BCUT2D eigenvalue weighted by atomic mass is 9.93. The molecule has 0 saturated carbocycles. The molecule has 1 fully saturated rings. The summed E-state index contributed by atoms with van der Waals surface area (Å²) in [5.74, 6) is -2.06. The largest absolute Gasteiger partial charge is 0.416 e. The van der Waals surface area contributed by atoms with E-state index < -0.39 is 41.1 Å². The Morgan fingerprint density at radius 3 is 2.54 bits per heavy atom. The van der Waals surface area contributed by atoms with E-state index in [4.69, 9.17) is 5.73 Å². The molecule has 1 heterocycles. The monoisotopic (exact) mass is 347 g/mol. The number of piperidine rings is 1. The number of primary amides is 1.